The molecule has 0 aliphatic heterocycles. The van der Waals surface area contributed by atoms with Crippen LogP contribution < -0.4 is 5.73 Å². The first kappa shape index (κ1) is 14.1. The summed E-state index contributed by atoms with van der Waals surface area (Å²) in [6, 6.07) is 12.2. The molecule has 0 saturated carbocycles. The Labute approximate surface area is 121 Å². The maximum absolute atomic E-state index is 12.3. The number of aryl methyl sites for hydroxylation is 1. The minimum Gasteiger partial charge on any atom is -0.398 e. The highest BCUT2D eigenvalue weighted by Crippen LogP contribution is 2.25. The number of rotatable bonds is 3. The summed E-state index contributed by atoms with van der Waals surface area (Å²) in [5.41, 5.74) is 7.90. The van der Waals surface area contributed by atoms with E-state index in [1.54, 1.807) is 12.1 Å². The van der Waals surface area contributed by atoms with Crippen LogP contribution in [0.1, 0.15) is 11.1 Å². The van der Waals surface area contributed by atoms with Crippen molar-refractivity contribution in [1.82, 2.24) is 0 Å². The molecule has 0 unspecified atom stereocenters. The lowest BCUT2D eigenvalue weighted by molar-refractivity contribution is 0.595. The molecule has 0 aliphatic rings. The number of nitrogens with two attached hydrogens (primary N) is 1. The quantitative estimate of drug-likeness (QED) is 0.872. The third kappa shape index (κ3) is 3.36. The summed E-state index contributed by atoms with van der Waals surface area (Å²) in [4.78, 5) is 0.177. The second kappa shape index (κ2) is 5.35. The molecule has 3 nitrogen and oxygen atoms in total. The van der Waals surface area contributed by atoms with Gasteiger partial charge in [-0.15, -0.1) is 0 Å². The van der Waals surface area contributed by atoms with Gasteiger partial charge in [0, 0.05) is 4.47 Å². The maximum atomic E-state index is 12.3. The first-order valence-corrected chi connectivity index (χ1v) is 8.16. The lowest BCUT2D eigenvalue weighted by Gasteiger charge is -2.08. The molecule has 0 fully saturated rings. The highest BCUT2D eigenvalue weighted by Gasteiger charge is 2.18. The predicted octanol–water partition coefficient (Wildman–Crippen LogP) is 3.31. The van der Waals surface area contributed by atoms with Crippen LogP contribution in [-0.2, 0) is 15.6 Å². The molecule has 0 aliphatic carbocycles. The number of hydrogen-bond donors (Lipinski definition) is 1. The zero-order chi connectivity index (χ0) is 14.0. The van der Waals surface area contributed by atoms with Crippen LogP contribution in [0.3, 0.4) is 0 Å². The van der Waals surface area contributed by atoms with E-state index in [4.69, 9.17) is 5.73 Å². The van der Waals surface area contributed by atoms with E-state index < -0.39 is 9.84 Å². The van der Waals surface area contributed by atoms with Gasteiger partial charge in [0.15, 0.2) is 9.84 Å². The molecule has 2 N–H and O–H groups in total. The molecule has 0 aromatic heterocycles. The predicted molar refractivity (Wildman–Crippen MR) is 80.6 cm³/mol. The highest BCUT2D eigenvalue weighted by molar-refractivity contribution is 9.10. The SMILES string of the molecule is Cc1ccc(CS(=O)(=O)c2ccc(Br)cc2N)cc1. The van der Waals surface area contributed by atoms with Crippen molar-refractivity contribution in [2.24, 2.45) is 0 Å². The summed E-state index contributed by atoms with van der Waals surface area (Å²) >= 11 is 3.26. The summed E-state index contributed by atoms with van der Waals surface area (Å²) in [6.45, 7) is 1.96. The number of benzene rings is 2. The van der Waals surface area contributed by atoms with Gasteiger partial charge in [0.05, 0.1) is 16.3 Å². The molecule has 0 spiro atoms. The molecule has 19 heavy (non-hydrogen) atoms. The molecule has 0 saturated heterocycles. The second-order valence-electron chi connectivity index (χ2n) is 4.43. The van der Waals surface area contributed by atoms with Crippen molar-refractivity contribution in [3.63, 3.8) is 0 Å². The Hall–Kier alpha value is -1.33. The Morgan fingerprint density at radius 3 is 2.32 bits per heavy atom. The molecule has 2 rings (SSSR count). The Balaban J connectivity index is 2.35. The number of anilines is 1. The van der Waals surface area contributed by atoms with Gasteiger partial charge in [0.2, 0.25) is 0 Å². The van der Waals surface area contributed by atoms with Gasteiger partial charge >= 0.3 is 0 Å². The Kier molecular flexibility index (Phi) is 3.96. The third-order valence-electron chi connectivity index (χ3n) is 2.78. The first-order valence-electron chi connectivity index (χ1n) is 5.72. The van der Waals surface area contributed by atoms with E-state index in [1.807, 2.05) is 31.2 Å². The Morgan fingerprint density at radius 1 is 1.11 bits per heavy atom. The molecule has 0 heterocycles. The minimum atomic E-state index is -3.42. The van der Waals surface area contributed by atoms with E-state index in [0.717, 1.165) is 15.6 Å². The fraction of sp³-hybridized carbons (Fsp3) is 0.143. The lowest BCUT2D eigenvalue weighted by Crippen LogP contribution is -2.08. The molecule has 0 radical (unpaired) electrons. The minimum absolute atomic E-state index is 0.0425. The van der Waals surface area contributed by atoms with E-state index in [9.17, 15) is 8.42 Å². The fourth-order valence-electron chi connectivity index (χ4n) is 1.78. The number of hydrogen-bond acceptors (Lipinski definition) is 3. The van der Waals surface area contributed by atoms with Crippen molar-refractivity contribution in [2.45, 2.75) is 17.6 Å². The van der Waals surface area contributed by atoms with Crippen LogP contribution in [0.2, 0.25) is 0 Å². The molecule has 0 amide bonds. The summed E-state index contributed by atoms with van der Waals surface area (Å²) in [7, 11) is -3.42. The number of nitrogen functional groups attached to an aromatic ring is 1. The lowest BCUT2D eigenvalue weighted by atomic mass is 10.2. The monoisotopic (exact) mass is 339 g/mol. The van der Waals surface area contributed by atoms with Crippen LogP contribution in [0.4, 0.5) is 5.69 Å². The second-order valence-corrected chi connectivity index (χ2v) is 7.30. The van der Waals surface area contributed by atoms with Crippen molar-refractivity contribution in [1.29, 1.82) is 0 Å². The molecule has 2 aromatic carbocycles. The zero-order valence-electron chi connectivity index (χ0n) is 10.4. The molecule has 0 bridgehead atoms. The molecule has 2 aromatic rings. The van der Waals surface area contributed by atoms with Crippen molar-refractivity contribution >= 4 is 31.5 Å². The summed E-state index contributed by atoms with van der Waals surface area (Å²) < 4.78 is 25.4. The largest absolute Gasteiger partial charge is 0.398 e. The van der Waals surface area contributed by atoms with Gasteiger partial charge in [-0.3, -0.25) is 0 Å². The van der Waals surface area contributed by atoms with Crippen LogP contribution in [0, 0.1) is 6.92 Å². The van der Waals surface area contributed by atoms with Crippen molar-refractivity contribution in [2.75, 3.05) is 5.73 Å². The van der Waals surface area contributed by atoms with Gasteiger partial charge < -0.3 is 5.73 Å². The van der Waals surface area contributed by atoms with Crippen LogP contribution in [0.5, 0.6) is 0 Å². The van der Waals surface area contributed by atoms with Crippen LogP contribution >= 0.6 is 15.9 Å². The third-order valence-corrected chi connectivity index (χ3v) is 5.03. The van der Waals surface area contributed by atoms with Crippen LogP contribution in [-0.4, -0.2) is 8.42 Å². The number of halogens is 1. The standard InChI is InChI=1S/C14H14BrNO2S/c1-10-2-4-11(5-3-10)9-19(17,18)14-7-6-12(15)8-13(14)16/h2-8H,9,16H2,1H3. The van der Waals surface area contributed by atoms with Gasteiger partial charge in [-0.25, -0.2) is 8.42 Å². The van der Waals surface area contributed by atoms with Gasteiger partial charge in [-0.2, -0.15) is 0 Å². The molecule has 0 atom stereocenters. The van der Waals surface area contributed by atoms with Crippen LogP contribution in [0.15, 0.2) is 51.8 Å². The van der Waals surface area contributed by atoms with Crippen molar-refractivity contribution in [3.8, 4) is 0 Å². The van der Waals surface area contributed by atoms with Crippen LogP contribution in [0.25, 0.3) is 0 Å². The summed E-state index contributed by atoms with van der Waals surface area (Å²) in [6.07, 6.45) is 0. The van der Waals surface area contributed by atoms with Gasteiger partial charge in [-0.1, -0.05) is 45.8 Å². The molecule has 5 heteroatoms. The normalized spacial score (nSPS) is 11.5. The van der Waals surface area contributed by atoms with Gasteiger partial charge in [-0.05, 0) is 30.7 Å². The van der Waals surface area contributed by atoms with Crippen molar-refractivity contribution in [3.05, 3.63) is 58.1 Å². The van der Waals surface area contributed by atoms with E-state index in [2.05, 4.69) is 15.9 Å². The number of sulfone groups is 1. The highest BCUT2D eigenvalue weighted by atomic mass is 79.9. The van der Waals surface area contributed by atoms with E-state index >= 15 is 0 Å². The smallest absolute Gasteiger partial charge is 0.184 e. The first-order chi connectivity index (χ1) is 8.88. The maximum Gasteiger partial charge on any atom is 0.184 e. The zero-order valence-corrected chi connectivity index (χ0v) is 12.8. The van der Waals surface area contributed by atoms with Gasteiger partial charge in [0.1, 0.15) is 0 Å². The average molecular weight is 340 g/mol. The Morgan fingerprint density at radius 2 is 1.74 bits per heavy atom. The summed E-state index contributed by atoms with van der Waals surface area (Å²) in [5, 5.41) is 0. The molecular weight excluding hydrogens is 326 g/mol. The molecule has 100 valence electrons. The van der Waals surface area contributed by atoms with E-state index in [-0.39, 0.29) is 16.3 Å². The van der Waals surface area contributed by atoms with E-state index in [0.29, 0.717) is 0 Å². The average Bonchev–Trinajstić information content (AvgIpc) is 2.31. The molecular formula is C14H14BrNO2S. The Bertz CT molecular complexity index is 694. The van der Waals surface area contributed by atoms with E-state index in [1.165, 1.54) is 6.07 Å². The van der Waals surface area contributed by atoms with Gasteiger partial charge in [0.25, 0.3) is 0 Å². The fourth-order valence-corrected chi connectivity index (χ4v) is 3.64. The van der Waals surface area contributed by atoms with Crippen molar-refractivity contribution < 1.29 is 8.42 Å². The topological polar surface area (TPSA) is 60.2 Å². The summed E-state index contributed by atoms with van der Waals surface area (Å²) in [5.74, 6) is -0.0425.